The molecule has 0 spiro atoms. The van der Waals surface area contributed by atoms with Crippen molar-refractivity contribution in [2.75, 3.05) is 13.7 Å². The van der Waals surface area contributed by atoms with Crippen molar-refractivity contribution >= 4 is 5.91 Å². The number of nitrogens with zero attached hydrogens (tertiary/aromatic N) is 1. The van der Waals surface area contributed by atoms with Crippen LogP contribution in [0.1, 0.15) is 15.9 Å². The zero-order valence-electron chi connectivity index (χ0n) is 11.7. The zero-order valence-corrected chi connectivity index (χ0v) is 11.7. The number of carbonyl (C=O) groups is 1. The summed E-state index contributed by atoms with van der Waals surface area (Å²) in [7, 11) is 1.52. The van der Waals surface area contributed by atoms with Crippen molar-refractivity contribution in [2.45, 2.75) is 12.5 Å². The summed E-state index contributed by atoms with van der Waals surface area (Å²) in [6, 6.07) is 11.2. The van der Waals surface area contributed by atoms with Gasteiger partial charge in [-0.25, -0.2) is 4.98 Å². The minimum atomic E-state index is -0.157. The Bertz CT molecular complexity index is 632. The molecular weight excluding hydrogens is 268 g/mol. The van der Waals surface area contributed by atoms with E-state index in [4.69, 9.17) is 9.47 Å². The fourth-order valence-electron chi connectivity index (χ4n) is 2.34. The van der Waals surface area contributed by atoms with Crippen LogP contribution in [-0.2, 0) is 6.42 Å². The molecule has 0 aliphatic carbocycles. The lowest BCUT2D eigenvalue weighted by Crippen LogP contribution is -2.34. The van der Waals surface area contributed by atoms with Gasteiger partial charge in [0.25, 0.3) is 5.91 Å². The van der Waals surface area contributed by atoms with Crippen molar-refractivity contribution in [1.82, 2.24) is 10.3 Å². The third-order valence-electron chi connectivity index (χ3n) is 3.41. The second kappa shape index (κ2) is 5.83. The van der Waals surface area contributed by atoms with Crippen molar-refractivity contribution < 1.29 is 14.3 Å². The summed E-state index contributed by atoms with van der Waals surface area (Å²) in [5.74, 6) is 1.17. The van der Waals surface area contributed by atoms with E-state index >= 15 is 0 Å². The third kappa shape index (κ3) is 2.97. The molecule has 2 heterocycles. The third-order valence-corrected chi connectivity index (χ3v) is 3.41. The van der Waals surface area contributed by atoms with Gasteiger partial charge in [-0.15, -0.1) is 0 Å². The van der Waals surface area contributed by atoms with Crippen molar-refractivity contribution in [3.05, 3.63) is 53.7 Å². The summed E-state index contributed by atoms with van der Waals surface area (Å²) in [5.41, 5.74) is 1.71. The minimum Gasteiger partial charge on any atom is -0.488 e. The summed E-state index contributed by atoms with van der Waals surface area (Å²) in [5, 5.41) is 2.88. The number of nitrogens with one attached hydrogen (secondary N) is 1. The average molecular weight is 284 g/mol. The van der Waals surface area contributed by atoms with Crippen LogP contribution in [0.25, 0.3) is 0 Å². The van der Waals surface area contributed by atoms with Gasteiger partial charge in [-0.05, 0) is 17.7 Å². The predicted molar refractivity (Wildman–Crippen MR) is 77.7 cm³/mol. The summed E-state index contributed by atoms with van der Waals surface area (Å²) in [4.78, 5) is 16.1. The summed E-state index contributed by atoms with van der Waals surface area (Å²) in [6.45, 7) is 0.470. The molecule has 108 valence electrons. The maximum atomic E-state index is 12.1. The van der Waals surface area contributed by atoms with Crippen molar-refractivity contribution in [3.63, 3.8) is 0 Å². The van der Waals surface area contributed by atoms with E-state index in [1.165, 1.54) is 12.7 Å². The number of fused-ring (bicyclic) bond motifs is 1. The van der Waals surface area contributed by atoms with E-state index in [-0.39, 0.29) is 12.0 Å². The van der Waals surface area contributed by atoms with Gasteiger partial charge in [-0.3, -0.25) is 4.79 Å². The Labute approximate surface area is 122 Å². The van der Waals surface area contributed by atoms with Crippen molar-refractivity contribution in [3.8, 4) is 11.6 Å². The number of ether oxygens (including phenoxy) is 2. The Kier molecular flexibility index (Phi) is 3.73. The molecule has 1 unspecified atom stereocenters. The largest absolute Gasteiger partial charge is 0.488 e. The van der Waals surface area contributed by atoms with E-state index in [0.717, 1.165) is 12.2 Å². The Morgan fingerprint density at radius 2 is 2.29 bits per heavy atom. The number of para-hydroxylation sites is 1. The smallest absolute Gasteiger partial charge is 0.251 e. The number of methoxy groups -OCH3 is 1. The predicted octanol–water partition coefficient (Wildman–Crippen LogP) is 1.82. The van der Waals surface area contributed by atoms with Crippen LogP contribution in [0.15, 0.2) is 42.6 Å². The highest BCUT2D eigenvalue weighted by Gasteiger charge is 2.22. The number of carbonyl (C=O) groups excluding carboxylic acids is 1. The molecule has 3 rings (SSSR count). The first-order chi connectivity index (χ1) is 10.3. The number of hydrogen-bond acceptors (Lipinski definition) is 4. The standard InChI is InChI=1S/C16H16N2O3/c1-20-15-9-12(6-7-17-15)16(19)18-10-13-8-11-4-2-3-5-14(11)21-13/h2-7,9,13H,8,10H2,1H3,(H,18,19). The highest BCUT2D eigenvalue weighted by Crippen LogP contribution is 2.27. The highest BCUT2D eigenvalue weighted by molar-refractivity contribution is 5.94. The molecule has 5 heteroatoms. The number of benzene rings is 1. The summed E-state index contributed by atoms with van der Waals surface area (Å²) >= 11 is 0. The van der Waals surface area contributed by atoms with Gasteiger partial charge in [0.1, 0.15) is 11.9 Å². The van der Waals surface area contributed by atoms with Crippen molar-refractivity contribution in [1.29, 1.82) is 0 Å². The molecular formula is C16H16N2O3. The SMILES string of the molecule is COc1cc(C(=O)NCC2Cc3ccccc3O2)ccn1. The van der Waals surface area contributed by atoms with Crippen LogP contribution in [0.2, 0.25) is 0 Å². The Hall–Kier alpha value is -2.56. The topological polar surface area (TPSA) is 60.5 Å². The van der Waals surface area contributed by atoms with Gasteiger partial charge < -0.3 is 14.8 Å². The number of pyridine rings is 1. The lowest BCUT2D eigenvalue weighted by Gasteiger charge is -2.12. The van der Waals surface area contributed by atoms with Crippen LogP contribution < -0.4 is 14.8 Å². The van der Waals surface area contributed by atoms with Crippen LogP contribution >= 0.6 is 0 Å². The maximum Gasteiger partial charge on any atom is 0.251 e. The molecule has 5 nitrogen and oxygen atoms in total. The van der Waals surface area contributed by atoms with Crippen LogP contribution in [0.3, 0.4) is 0 Å². The van der Waals surface area contributed by atoms with Gasteiger partial charge >= 0.3 is 0 Å². The molecule has 0 radical (unpaired) electrons. The molecule has 1 N–H and O–H groups in total. The van der Waals surface area contributed by atoms with Crippen LogP contribution in [-0.4, -0.2) is 30.6 Å². The molecule has 1 aliphatic rings. The molecule has 21 heavy (non-hydrogen) atoms. The van der Waals surface area contributed by atoms with Crippen molar-refractivity contribution in [2.24, 2.45) is 0 Å². The van der Waals surface area contributed by atoms with Gasteiger partial charge in [0.05, 0.1) is 13.7 Å². The Balaban J connectivity index is 1.57. The second-order valence-electron chi connectivity index (χ2n) is 4.85. The van der Waals surface area contributed by atoms with E-state index in [9.17, 15) is 4.79 Å². The minimum absolute atomic E-state index is 0.0184. The Morgan fingerprint density at radius 1 is 1.43 bits per heavy atom. The van der Waals surface area contributed by atoms with Gasteiger partial charge in [0.2, 0.25) is 5.88 Å². The van der Waals surface area contributed by atoms with E-state index in [1.807, 2.05) is 24.3 Å². The first-order valence-electron chi connectivity index (χ1n) is 6.79. The molecule has 1 aromatic heterocycles. The first-order valence-corrected chi connectivity index (χ1v) is 6.79. The van der Waals surface area contributed by atoms with E-state index in [0.29, 0.717) is 18.0 Å². The van der Waals surface area contributed by atoms with Gasteiger partial charge in [-0.1, -0.05) is 18.2 Å². The fourth-order valence-corrected chi connectivity index (χ4v) is 2.34. The molecule has 0 saturated carbocycles. The number of hydrogen-bond donors (Lipinski definition) is 1. The maximum absolute atomic E-state index is 12.1. The van der Waals surface area contributed by atoms with E-state index in [2.05, 4.69) is 10.3 Å². The number of amides is 1. The summed E-state index contributed by atoms with van der Waals surface area (Å²) in [6.07, 6.45) is 2.35. The molecule has 2 aromatic rings. The molecule has 1 aliphatic heterocycles. The second-order valence-corrected chi connectivity index (χ2v) is 4.85. The molecule has 0 bridgehead atoms. The quantitative estimate of drug-likeness (QED) is 0.930. The van der Waals surface area contributed by atoms with E-state index in [1.54, 1.807) is 18.3 Å². The van der Waals surface area contributed by atoms with Crippen LogP contribution in [0.4, 0.5) is 0 Å². The van der Waals surface area contributed by atoms with Gasteiger partial charge in [0, 0.05) is 24.2 Å². The van der Waals surface area contributed by atoms with Crippen LogP contribution in [0.5, 0.6) is 11.6 Å². The fraction of sp³-hybridized carbons (Fsp3) is 0.250. The average Bonchev–Trinajstić information content (AvgIpc) is 2.95. The first kappa shape index (κ1) is 13.4. The number of rotatable bonds is 4. The molecule has 1 aromatic carbocycles. The zero-order chi connectivity index (χ0) is 14.7. The lowest BCUT2D eigenvalue weighted by molar-refractivity contribution is 0.0933. The highest BCUT2D eigenvalue weighted by atomic mass is 16.5. The summed E-state index contributed by atoms with van der Waals surface area (Å²) < 4.78 is 10.8. The van der Waals surface area contributed by atoms with Gasteiger partial charge in [-0.2, -0.15) is 0 Å². The van der Waals surface area contributed by atoms with Crippen LogP contribution in [0, 0.1) is 0 Å². The monoisotopic (exact) mass is 284 g/mol. The number of aromatic nitrogens is 1. The normalized spacial score (nSPS) is 16.0. The molecule has 0 saturated heterocycles. The Morgan fingerprint density at radius 3 is 3.10 bits per heavy atom. The van der Waals surface area contributed by atoms with E-state index < -0.39 is 0 Å². The lowest BCUT2D eigenvalue weighted by atomic mass is 10.1. The molecule has 0 fully saturated rings. The molecule has 1 atom stereocenters. The molecule has 1 amide bonds. The van der Waals surface area contributed by atoms with Gasteiger partial charge in [0.15, 0.2) is 0 Å².